The van der Waals surface area contributed by atoms with Crippen molar-refractivity contribution in [3.05, 3.63) is 41.3 Å². The summed E-state index contributed by atoms with van der Waals surface area (Å²) in [5.74, 6) is 1.65. The number of esters is 1. The van der Waals surface area contributed by atoms with E-state index in [1.54, 1.807) is 10.9 Å². The lowest BCUT2D eigenvalue weighted by atomic mass is 9.82. The number of nitrogens with zero attached hydrogens (tertiary/aromatic N) is 7. The highest BCUT2D eigenvalue weighted by molar-refractivity contribution is 6.33. The molecule has 14 nitrogen and oxygen atoms in total. The van der Waals surface area contributed by atoms with Gasteiger partial charge < -0.3 is 30.2 Å². The zero-order valence-electron chi connectivity index (χ0n) is 30.3. The minimum Gasteiger partial charge on any atom is -0.439 e. The Kier molecular flexibility index (Phi) is 13.2. The lowest BCUT2D eigenvalue weighted by molar-refractivity contribution is -0.168. The Labute approximate surface area is 305 Å². The van der Waals surface area contributed by atoms with Crippen LogP contribution in [0.1, 0.15) is 85.2 Å². The van der Waals surface area contributed by atoms with Crippen LogP contribution in [0.5, 0.6) is 0 Å². The van der Waals surface area contributed by atoms with Crippen molar-refractivity contribution in [2.24, 2.45) is 16.7 Å². The summed E-state index contributed by atoms with van der Waals surface area (Å²) in [5.41, 5.74) is 0.459. The van der Waals surface area contributed by atoms with Crippen LogP contribution in [0.15, 0.2) is 30.5 Å². The highest BCUT2D eigenvalue weighted by Crippen LogP contribution is 2.32. The number of nitriles is 1. The average molecular weight is 723 g/mol. The number of pyridine rings is 2. The van der Waals surface area contributed by atoms with Crippen LogP contribution < -0.4 is 16.0 Å². The van der Waals surface area contributed by atoms with Crippen molar-refractivity contribution in [3.8, 4) is 17.3 Å². The van der Waals surface area contributed by atoms with Crippen LogP contribution in [0.2, 0.25) is 5.02 Å². The first kappa shape index (κ1) is 38.3. The maximum atomic E-state index is 12.5. The van der Waals surface area contributed by atoms with E-state index < -0.39 is 17.1 Å². The van der Waals surface area contributed by atoms with Crippen LogP contribution in [0.25, 0.3) is 11.3 Å². The molecule has 0 aromatic carbocycles. The fourth-order valence-electron chi connectivity index (χ4n) is 6.16. The van der Waals surface area contributed by atoms with E-state index in [0.29, 0.717) is 74.5 Å². The Morgan fingerprint density at radius 2 is 1.90 bits per heavy atom. The van der Waals surface area contributed by atoms with Gasteiger partial charge in [-0.1, -0.05) is 31.5 Å². The molecule has 1 saturated heterocycles. The van der Waals surface area contributed by atoms with Crippen molar-refractivity contribution in [3.63, 3.8) is 0 Å². The van der Waals surface area contributed by atoms with E-state index in [9.17, 15) is 10.1 Å². The normalized spacial score (nSPS) is 19.6. The minimum absolute atomic E-state index is 0.0221. The van der Waals surface area contributed by atoms with Gasteiger partial charge in [-0.25, -0.2) is 9.97 Å². The van der Waals surface area contributed by atoms with Gasteiger partial charge in [0.2, 0.25) is 6.23 Å². The van der Waals surface area contributed by atoms with Crippen LogP contribution in [0.3, 0.4) is 0 Å². The molecular weight excluding hydrogens is 672 g/mol. The second-order valence-electron chi connectivity index (χ2n) is 14.8. The Balaban J connectivity index is 1.05. The first-order valence-electron chi connectivity index (χ1n) is 17.9. The molecule has 0 unspecified atom stereocenters. The highest BCUT2D eigenvalue weighted by atomic mass is 35.5. The number of tetrazole rings is 1. The van der Waals surface area contributed by atoms with Crippen LogP contribution in [-0.2, 0) is 25.6 Å². The van der Waals surface area contributed by atoms with Crippen molar-refractivity contribution in [1.29, 1.82) is 5.26 Å². The molecule has 0 radical (unpaired) electrons. The van der Waals surface area contributed by atoms with Crippen molar-refractivity contribution in [2.45, 2.75) is 98.1 Å². The standard InChI is InChI=1S/C36H51ClN10O4/c1-24(2)33(51-34(48)35(3,4)5)47-32(44-45-46-47)21-50-18-15-39-25-9-11-26(12-10-25)42-31-19-27(28(37)20-40-31)29-7-6-8-30(43-29)41-23-36(22-38)13-16-49-17-14-36/h6-8,19-20,24-26,33,39H,9-18,21,23H2,1-5H3,(H,40,42)(H,41,43)/t25-,26-,33-/m1/s1. The van der Waals surface area contributed by atoms with Crippen molar-refractivity contribution in [2.75, 3.05) is 43.5 Å². The number of rotatable bonds is 15. The third-order valence-electron chi connectivity index (χ3n) is 9.38. The number of carbonyl (C=O) groups is 1. The Hall–Kier alpha value is -3.90. The Morgan fingerprint density at radius 1 is 1.16 bits per heavy atom. The highest BCUT2D eigenvalue weighted by Gasteiger charge is 2.33. The van der Waals surface area contributed by atoms with E-state index >= 15 is 0 Å². The van der Waals surface area contributed by atoms with E-state index in [2.05, 4.69) is 42.5 Å². The molecule has 4 heterocycles. The van der Waals surface area contributed by atoms with Crippen LogP contribution in [0, 0.1) is 28.1 Å². The molecule has 1 aliphatic carbocycles. The molecule has 3 aromatic heterocycles. The summed E-state index contributed by atoms with van der Waals surface area (Å²) >= 11 is 6.60. The number of hydrogen-bond donors (Lipinski definition) is 3. The second-order valence-corrected chi connectivity index (χ2v) is 15.3. The van der Waals surface area contributed by atoms with E-state index in [-0.39, 0.29) is 18.5 Å². The molecule has 1 atom stereocenters. The van der Waals surface area contributed by atoms with Crippen molar-refractivity contribution >= 4 is 29.2 Å². The van der Waals surface area contributed by atoms with Gasteiger partial charge in [0.25, 0.3) is 0 Å². The van der Waals surface area contributed by atoms with Gasteiger partial charge in [0.1, 0.15) is 18.2 Å². The van der Waals surface area contributed by atoms with Gasteiger partial charge in [-0.05, 0) is 87.9 Å². The van der Waals surface area contributed by atoms with E-state index in [1.807, 2.05) is 58.9 Å². The molecule has 1 saturated carbocycles. The molecule has 15 heteroatoms. The first-order chi connectivity index (χ1) is 24.5. The van der Waals surface area contributed by atoms with Gasteiger partial charge in [0.05, 0.1) is 34.2 Å². The summed E-state index contributed by atoms with van der Waals surface area (Å²) in [6.07, 6.45) is 6.52. The van der Waals surface area contributed by atoms with E-state index in [1.165, 1.54) is 0 Å². The third kappa shape index (κ3) is 10.6. The van der Waals surface area contributed by atoms with E-state index in [4.69, 9.17) is 30.8 Å². The maximum Gasteiger partial charge on any atom is 0.313 e. The predicted molar refractivity (Wildman–Crippen MR) is 194 cm³/mol. The van der Waals surface area contributed by atoms with Gasteiger partial charge in [-0.15, -0.1) is 5.10 Å². The molecule has 0 bridgehead atoms. The Morgan fingerprint density at radius 3 is 2.61 bits per heavy atom. The molecule has 3 aromatic rings. The summed E-state index contributed by atoms with van der Waals surface area (Å²) in [7, 11) is 0. The van der Waals surface area contributed by atoms with Crippen molar-refractivity contribution in [1.82, 2.24) is 35.5 Å². The number of ether oxygens (including phenoxy) is 3. The van der Waals surface area contributed by atoms with E-state index in [0.717, 1.165) is 42.8 Å². The third-order valence-corrected chi connectivity index (χ3v) is 9.68. The number of anilines is 2. The number of halogens is 1. The second kappa shape index (κ2) is 17.5. The van der Waals surface area contributed by atoms with Gasteiger partial charge in [0.15, 0.2) is 5.82 Å². The summed E-state index contributed by atoms with van der Waals surface area (Å²) in [6, 6.07) is 10.9. The van der Waals surface area contributed by atoms with Gasteiger partial charge in [-0.3, -0.25) is 4.79 Å². The number of aromatic nitrogens is 6. The van der Waals surface area contributed by atoms with Crippen molar-refractivity contribution < 1.29 is 19.0 Å². The zero-order chi connectivity index (χ0) is 36.4. The summed E-state index contributed by atoms with van der Waals surface area (Å²) in [6.45, 7) is 12.5. The summed E-state index contributed by atoms with van der Waals surface area (Å²) in [4.78, 5) is 21.9. The van der Waals surface area contributed by atoms with Gasteiger partial charge in [-0.2, -0.15) is 9.94 Å². The molecule has 5 rings (SSSR count). The quantitative estimate of drug-likeness (QED) is 0.127. The molecule has 2 aliphatic rings. The van der Waals surface area contributed by atoms with Crippen LogP contribution in [-0.4, -0.2) is 81.1 Å². The van der Waals surface area contributed by atoms with Gasteiger partial charge in [0, 0.05) is 56.1 Å². The molecule has 0 spiro atoms. The average Bonchev–Trinajstić information content (AvgIpc) is 3.59. The molecule has 276 valence electrons. The minimum atomic E-state index is -0.631. The summed E-state index contributed by atoms with van der Waals surface area (Å²) in [5, 5.41) is 32.9. The largest absolute Gasteiger partial charge is 0.439 e. The predicted octanol–water partition coefficient (Wildman–Crippen LogP) is 5.79. The maximum absolute atomic E-state index is 12.5. The smallest absolute Gasteiger partial charge is 0.313 e. The SMILES string of the molecule is CC(C)[C@@H](OC(=O)C(C)(C)C)n1nnnc1COCCN[C@H]1CC[C@H](Nc2cc(-c3cccc(NCC4(C#N)CCOCC4)n3)c(Cl)cn2)CC1. The molecule has 51 heavy (non-hydrogen) atoms. The van der Waals surface area contributed by atoms with Crippen LogP contribution >= 0.6 is 11.6 Å². The fourth-order valence-corrected chi connectivity index (χ4v) is 6.36. The number of hydrogen-bond acceptors (Lipinski definition) is 13. The molecular formula is C36H51ClN10O4. The number of nitrogens with one attached hydrogen (secondary N) is 3. The zero-order valence-corrected chi connectivity index (χ0v) is 31.1. The molecule has 1 aliphatic heterocycles. The summed E-state index contributed by atoms with van der Waals surface area (Å²) < 4.78 is 18.7. The fraction of sp³-hybridized carbons (Fsp3) is 0.639. The monoisotopic (exact) mass is 722 g/mol. The number of carbonyl (C=O) groups excluding carboxylic acids is 1. The first-order valence-corrected chi connectivity index (χ1v) is 18.3. The Bertz CT molecular complexity index is 1620. The molecule has 3 N–H and O–H groups in total. The van der Waals surface area contributed by atoms with Gasteiger partial charge >= 0.3 is 5.97 Å². The topological polar surface area (TPSA) is 174 Å². The molecule has 0 amide bonds. The van der Waals surface area contributed by atoms with Crippen LogP contribution in [0.4, 0.5) is 11.6 Å². The molecule has 2 fully saturated rings. The lowest BCUT2D eigenvalue weighted by Gasteiger charge is -2.30. The lowest BCUT2D eigenvalue weighted by Crippen LogP contribution is -2.38.